The van der Waals surface area contributed by atoms with Crippen LogP contribution in [0.15, 0.2) is 54.7 Å². The number of carbonyl (C=O) groups excluding carboxylic acids is 1. The van der Waals surface area contributed by atoms with Crippen molar-refractivity contribution in [1.82, 2.24) is 9.55 Å². The average Bonchev–Trinajstić information content (AvgIpc) is 2.96. The summed E-state index contributed by atoms with van der Waals surface area (Å²) < 4.78 is 34.7. The first kappa shape index (κ1) is 16.2. The van der Waals surface area contributed by atoms with Crippen LogP contribution in [0.2, 0.25) is 0 Å². The van der Waals surface area contributed by atoms with E-state index in [2.05, 4.69) is 9.72 Å². The highest BCUT2D eigenvalue weighted by Crippen LogP contribution is 2.33. The highest BCUT2D eigenvalue weighted by atomic mass is 19.1. The van der Waals surface area contributed by atoms with Gasteiger partial charge in [-0.05, 0) is 35.9 Å². The molecule has 0 saturated carbocycles. The van der Waals surface area contributed by atoms with Crippen LogP contribution in [0.5, 0.6) is 0 Å². The summed E-state index contributed by atoms with van der Waals surface area (Å²) in [5.74, 6) is -1.63. The molecule has 6 heteroatoms. The van der Waals surface area contributed by atoms with Crippen LogP contribution >= 0.6 is 0 Å². The van der Waals surface area contributed by atoms with E-state index in [0.29, 0.717) is 16.6 Å². The Hall–Kier alpha value is -3.28. The summed E-state index contributed by atoms with van der Waals surface area (Å²) in [6.45, 7) is 0. The maximum absolute atomic E-state index is 14.4. The van der Waals surface area contributed by atoms with Gasteiger partial charge in [0.1, 0.15) is 11.6 Å². The fourth-order valence-corrected chi connectivity index (χ4v) is 3.15. The first-order valence-corrected chi connectivity index (χ1v) is 7.99. The molecule has 4 aromatic rings. The molecule has 2 aromatic heterocycles. The van der Waals surface area contributed by atoms with E-state index < -0.39 is 11.6 Å². The van der Waals surface area contributed by atoms with Gasteiger partial charge < -0.3 is 9.30 Å². The molecule has 0 fully saturated rings. The van der Waals surface area contributed by atoms with E-state index in [1.165, 1.54) is 13.2 Å². The zero-order valence-corrected chi connectivity index (χ0v) is 13.9. The van der Waals surface area contributed by atoms with Crippen molar-refractivity contribution in [2.24, 2.45) is 0 Å². The Morgan fingerprint density at radius 1 is 1.12 bits per heavy atom. The van der Waals surface area contributed by atoms with Crippen molar-refractivity contribution in [3.63, 3.8) is 0 Å². The Labute approximate surface area is 147 Å². The molecule has 0 saturated heterocycles. The quantitative estimate of drug-likeness (QED) is 0.520. The predicted octanol–water partition coefficient (Wildman–Crippen LogP) is 4.17. The van der Waals surface area contributed by atoms with Crippen molar-refractivity contribution < 1.29 is 18.3 Å². The summed E-state index contributed by atoms with van der Waals surface area (Å²) in [6, 6.07) is 12.9. The van der Waals surface area contributed by atoms with E-state index in [1.54, 1.807) is 41.1 Å². The second kappa shape index (κ2) is 6.22. The normalized spacial score (nSPS) is 11.2. The molecule has 0 amide bonds. The number of methoxy groups -OCH3 is 1. The fraction of sp³-hybridized carbons (Fsp3) is 0.100. The number of fused-ring (bicyclic) bond motifs is 3. The van der Waals surface area contributed by atoms with Gasteiger partial charge in [0.2, 0.25) is 0 Å². The number of nitrogens with zero attached hydrogens (tertiary/aromatic N) is 2. The number of aromatic nitrogens is 2. The molecule has 0 spiro atoms. The number of halogens is 2. The highest BCUT2D eigenvalue weighted by Gasteiger charge is 2.17. The van der Waals surface area contributed by atoms with Crippen molar-refractivity contribution in [1.29, 1.82) is 0 Å². The standard InChI is InChI=1S/C20H14F2N2O2/c1-26-18(25)9-12-4-6-14(7-5-12)24-16-3-2-8-23-20(16)19-15(22)10-13(21)11-17(19)24/h2-8,10-11H,9H2,1H3. The fourth-order valence-electron chi connectivity index (χ4n) is 3.15. The summed E-state index contributed by atoms with van der Waals surface area (Å²) >= 11 is 0. The molecule has 0 bridgehead atoms. The van der Waals surface area contributed by atoms with Gasteiger partial charge >= 0.3 is 5.97 Å². The SMILES string of the molecule is COC(=O)Cc1ccc(-n2c3cccnc3c3c(F)cc(F)cc32)cc1. The van der Waals surface area contributed by atoms with Crippen LogP contribution in [0.4, 0.5) is 8.78 Å². The molecule has 0 aliphatic heterocycles. The van der Waals surface area contributed by atoms with E-state index in [-0.39, 0.29) is 17.8 Å². The Kier molecular flexibility index (Phi) is 3.88. The summed E-state index contributed by atoms with van der Waals surface area (Å²) in [7, 11) is 1.34. The lowest BCUT2D eigenvalue weighted by Gasteiger charge is -2.09. The third kappa shape index (κ3) is 2.60. The molecule has 0 aliphatic carbocycles. The zero-order chi connectivity index (χ0) is 18.3. The van der Waals surface area contributed by atoms with Crippen LogP contribution in [0, 0.1) is 11.6 Å². The van der Waals surface area contributed by atoms with E-state index in [4.69, 9.17) is 0 Å². The van der Waals surface area contributed by atoms with E-state index in [9.17, 15) is 13.6 Å². The van der Waals surface area contributed by atoms with E-state index in [0.717, 1.165) is 17.3 Å². The Morgan fingerprint density at radius 3 is 2.62 bits per heavy atom. The van der Waals surface area contributed by atoms with E-state index >= 15 is 0 Å². The van der Waals surface area contributed by atoms with Crippen LogP contribution in [-0.2, 0) is 16.0 Å². The lowest BCUT2D eigenvalue weighted by molar-refractivity contribution is -0.139. The Morgan fingerprint density at radius 2 is 1.88 bits per heavy atom. The summed E-state index contributed by atoms with van der Waals surface area (Å²) in [4.78, 5) is 15.7. The molecule has 4 nitrogen and oxygen atoms in total. The van der Waals surface area contributed by atoms with Crippen LogP contribution < -0.4 is 0 Å². The predicted molar refractivity (Wildman–Crippen MR) is 94.2 cm³/mol. The number of esters is 1. The number of pyridine rings is 1. The van der Waals surface area contributed by atoms with Gasteiger partial charge in [0.05, 0.1) is 35.5 Å². The maximum Gasteiger partial charge on any atom is 0.309 e. The van der Waals surface area contributed by atoms with Gasteiger partial charge in [0, 0.05) is 18.0 Å². The minimum Gasteiger partial charge on any atom is -0.469 e. The smallest absolute Gasteiger partial charge is 0.309 e. The minimum absolute atomic E-state index is 0.161. The van der Waals surface area contributed by atoms with Gasteiger partial charge in [-0.15, -0.1) is 0 Å². The van der Waals surface area contributed by atoms with Crippen LogP contribution in [0.1, 0.15) is 5.56 Å². The van der Waals surface area contributed by atoms with Crippen molar-refractivity contribution in [2.45, 2.75) is 6.42 Å². The second-order valence-electron chi connectivity index (χ2n) is 5.91. The molecule has 2 heterocycles. The average molecular weight is 352 g/mol. The van der Waals surface area contributed by atoms with Gasteiger partial charge in [-0.25, -0.2) is 8.78 Å². The third-order valence-electron chi connectivity index (χ3n) is 4.31. The van der Waals surface area contributed by atoms with Gasteiger partial charge in [-0.1, -0.05) is 12.1 Å². The topological polar surface area (TPSA) is 44.1 Å². The van der Waals surface area contributed by atoms with Crippen LogP contribution in [0.25, 0.3) is 27.6 Å². The second-order valence-corrected chi connectivity index (χ2v) is 5.91. The Bertz CT molecular complexity index is 1130. The van der Waals surface area contributed by atoms with Gasteiger partial charge in [-0.3, -0.25) is 9.78 Å². The van der Waals surface area contributed by atoms with Crippen molar-refractivity contribution in [3.05, 3.63) is 71.9 Å². The third-order valence-corrected chi connectivity index (χ3v) is 4.31. The largest absolute Gasteiger partial charge is 0.469 e. The molecular weight excluding hydrogens is 338 g/mol. The van der Waals surface area contributed by atoms with Gasteiger partial charge in [-0.2, -0.15) is 0 Å². The summed E-state index contributed by atoms with van der Waals surface area (Å²) in [6.07, 6.45) is 1.74. The lowest BCUT2D eigenvalue weighted by Crippen LogP contribution is -2.04. The monoisotopic (exact) mass is 352 g/mol. The van der Waals surface area contributed by atoms with Crippen molar-refractivity contribution in [3.8, 4) is 5.69 Å². The maximum atomic E-state index is 14.4. The molecule has 0 unspecified atom stereocenters. The van der Waals surface area contributed by atoms with Crippen molar-refractivity contribution in [2.75, 3.05) is 7.11 Å². The molecule has 4 rings (SSSR count). The van der Waals surface area contributed by atoms with Crippen molar-refractivity contribution >= 4 is 27.9 Å². The molecule has 26 heavy (non-hydrogen) atoms. The molecule has 0 N–H and O–H groups in total. The number of benzene rings is 2. The molecular formula is C20H14F2N2O2. The first-order chi connectivity index (χ1) is 12.6. The molecule has 0 atom stereocenters. The highest BCUT2D eigenvalue weighted by molar-refractivity contribution is 6.07. The number of ether oxygens (including phenoxy) is 1. The van der Waals surface area contributed by atoms with Crippen LogP contribution in [0.3, 0.4) is 0 Å². The summed E-state index contributed by atoms with van der Waals surface area (Å²) in [5, 5.41) is 0.278. The molecule has 130 valence electrons. The minimum atomic E-state index is -0.652. The van der Waals surface area contributed by atoms with Gasteiger partial charge in [0.25, 0.3) is 0 Å². The number of hydrogen-bond acceptors (Lipinski definition) is 3. The number of hydrogen-bond donors (Lipinski definition) is 0. The lowest BCUT2D eigenvalue weighted by atomic mass is 10.1. The first-order valence-electron chi connectivity index (χ1n) is 7.99. The number of carbonyl (C=O) groups is 1. The number of rotatable bonds is 3. The Balaban J connectivity index is 1.94. The molecule has 0 radical (unpaired) electrons. The van der Waals surface area contributed by atoms with E-state index in [1.807, 2.05) is 6.07 Å². The molecule has 0 aliphatic rings. The van der Waals surface area contributed by atoms with Crippen LogP contribution in [-0.4, -0.2) is 22.6 Å². The summed E-state index contributed by atoms with van der Waals surface area (Å²) in [5.41, 5.74) is 3.05. The van der Waals surface area contributed by atoms with Gasteiger partial charge in [0.15, 0.2) is 0 Å². The molecule has 2 aromatic carbocycles. The zero-order valence-electron chi connectivity index (χ0n) is 13.9.